The summed E-state index contributed by atoms with van der Waals surface area (Å²) in [6.07, 6.45) is 11.3. The van der Waals surface area contributed by atoms with Gasteiger partial charge in [0.05, 0.1) is 32.5 Å². The van der Waals surface area contributed by atoms with Crippen LogP contribution in [-0.4, -0.2) is 108 Å². The van der Waals surface area contributed by atoms with Crippen molar-refractivity contribution in [2.45, 2.75) is 105 Å². The van der Waals surface area contributed by atoms with E-state index < -0.39 is 13.5 Å². The fourth-order valence-corrected chi connectivity index (χ4v) is 7.62. The first-order valence-electron chi connectivity index (χ1n) is 16.6. The van der Waals surface area contributed by atoms with Crippen LogP contribution in [0.5, 0.6) is 0 Å². The molecular formula is C31H60N7O7PS. The molecule has 14 nitrogen and oxygen atoms in total. The molecule has 47 heavy (non-hydrogen) atoms. The molecule has 1 aromatic rings. The van der Waals surface area contributed by atoms with Gasteiger partial charge < -0.3 is 29.2 Å². The molecule has 1 saturated heterocycles. The lowest BCUT2D eigenvalue weighted by atomic mass is 10.1. The molecule has 2 rings (SSSR count). The van der Waals surface area contributed by atoms with Crippen LogP contribution in [0.3, 0.4) is 0 Å². The van der Waals surface area contributed by atoms with Crippen molar-refractivity contribution in [2.24, 2.45) is 10.7 Å². The van der Waals surface area contributed by atoms with E-state index in [1.165, 1.54) is 6.34 Å². The van der Waals surface area contributed by atoms with E-state index in [1.54, 1.807) is 31.0 Å². The third-order valence-corrected chi connectivity index (χ3v) is 10.3. The molecule has 16 heteroatoms. The van der Waals surface area contributed by atoms with Crippen LogP contribution >= 0.6 is 20.1 Å². The Morgan fingerprint density at radius 2 is 1.89 bits per heavy atom. The molecule has 2 atom stereocenters. The number of aromatic nitrogens is 2. The second kappa shape index (κ2) is 26.5. The monoisotopic (exact) mass is 705 g/mol. The zero-order valence-corrected chi connectivity index (χ0v) is 31.3. The van der Waals surface area contributed by atoms with Gasteiger partial charge in [-0.15, -0.1) is 0 Å². The number of nitrogens with two attached hydrogens (primary N) is 1. The van der Waals surface area contributed by atoms with Gasteiger partial charge in [0.1, 0.15) is 18.5 Å². The summed E-state index contributed by atoms with van der Waals surface area (Å²) in [5.41, 5.74) is 5.92. The average Bonchev–Trinajstić information content (AvgIpc) is 3.72. The fraction of sp³-hybridized carbons (Fsp3) is 0.774. The molecule has 0 bridgehead atoms. The first-order chi connectivity index (χ1) is 22.7. The lowest BCUT2D eigenvalue weighted by Crippen LogP contribution is -2.40. The van der Waals surface area contributed by atoms with Gasteiger partial charge in [-0.3, -0.25) is 19.6 Å². The average molecular weight is 706 g/mol. The van der Waals surface area contributed by atoms with Crippen molar-refractivity contribution in [1.29, 1.82) is 5.41 Å². The van der Waals surface area contributed by atoms with E-state index in [4.69, 9.17) is 25.4 Å². The highest BCUT2D eigenvalue weighted by atomic mass is 32.1. The molecule has 0 radical (unpaired) electrons. The van der Waals surface area contributed by atoms with Gasteiger partial charge in [-0.25, -0.2) is 19.3 Å². The minimum absolute atomic E-state index is 0.0190. The standard InChI is InChI=1S/C27H50N7O5P.C3H6O2.CH4S/c1-6-10-15-32(5)40(36,34-16-11-14-23(34)27(35)38-9-4)21-37-18-17-33-20-31-24(26(33)30-19-28)25(29)39-22(12-7-2)13-8-3;1-2-5-3-4;1-2/h19-20,22-23,29H,6-18,21H2,1-5H3,(H2,28,30);3H,2H2,1H3;2H,1H3/t23-,40?;;/m0../s1. The quantitative estimate of drug-likeness (QED) is 0.0282. The fourth-order valence-electron chi connectivity index (χ4n) is 4.96. The van der Waals surface area contributed by atoms with E-state index in [0.717, 1.165) is 44.9 Å². The molecule has 0 amide bonds. The van der Waals surface area contributed by atoms with Crippen LogP contribution in [0, 0.1) is 5.41 Å². The number of aliphatic imine (C=N–C) groups is 1. The number of carbonyl (C=O) groups excluding carboxylic acids is 2. The van der Waals surface area contributed by atoms with Crippen molar-refractivity contribution in [3.63, 3.8) is 0 Å². The lowest BCUT2D eigenvalue weighted by Gasteiger charge is -2.37. The summed E-state index contributed by atoms with van der Waals surface area (Å²) >= 11 is 3.53. The highest BCUT2D eigenvalue weighted by molar-refractivity contribution is 7.79. The Morgan fingerprint density at radius 3 is 2.43 bits per heavy atom. The van der Waals surface area contributed by atoms with E-state index in [2.05, 4.69) is 48.1 Å². The van der Waals surface area contributed by atoms with E-state index in [-0.39, 0.29) is 37.5 Å². The number of hydrogen-bond donors (Lipinski definition) is 3. The van der Waals surface area contributed by atoms with Crippen LogP contribution in [-0.2, 0) is 39.6 Å². The first kappa shape index (κ1) is 44.5. The SMILES string of the molecule is CCCCN(C)P(=O)(COCCn1cnc(C(=N)OC(CCC)CCC)c1/N=C/N)N1CCC[C@H]1C(=O)OCC.CCOC=O.CS. The van der Waals surface area contributed by atoms with Crippen molar-refractivity contribution in [1.82, 2.24) is 18.9 Å². The highest BCUT2D eigenvalue weighted by Gasteiger charge is 2.45. The van der Waals surface area contributed by atoms with Crippen LogP contribution in [0.1, 0.15) is 91.7 Å². The largest absolute Gasteiger partial charge is 0.473 e. The maximum absolute atomic E-state index is 14.4. The van der Waals surface area contributed by atoms with Gasteiger partial charge in [0, 0.05) is 19.6 Å². The Kier molecular flexibility index (Phi) is 25.1. The second-order valence-electron chi connectivity index (χ2n) is 10.6. The van der Waals surface area contributed by atoms with Gasteiger partial charge >= 0.3 is 5.97 Å². The minimum Gasteiger partial charge on any atom is -0.473 e. The Balaban J connectivity index is 0.00000275. The summed E-state index contributed by atoms with van der Waals surface area (Å²) in [4.78, 5) is 30.4. The van der Waals surface area contributed by atoms with Crippen LogP contribution in [0.15, 0.2) is 11.3 Å². The van der Waals surface area contributed by atoms with Crippen molar-refractivity contribution in [2.75, 3.05) is 52.6 Å². The van der Waals surface area contributed by atoms with Crippen LogP contribution in [0.4, 0.5) is 5.82 Å². The summed E-state index contributed by atoms with van der Waals surface area (Å²) in [5.74, 6) is 0.0467. The predicted molar refractivity (Wildman–Crippen MR) is 191 cm³/mol. The smallest absolute Gasteiger partial charge is 0.323 e. The molecule has 0 spiro atoms. The molecule has 2 heterocycles. The first-order valence-corrected chi connectivity index (χ1v) is 19.2. The van der Waals surface area contributed by atoms with Gasteiger partial charge in [-0.2, -0.15) is 12.6 Å². The van der Waals surface area contributed by atoms with E-state index in [0.29, 0.717) is 50.6 Å². The van der Waals surface area contributed by atoms with Crippen molar-refractivity contribution in [3.8, 4) is 0 Å². The normalized spacial score (nSPS) is 15.8. The molecule has 3 N–H and O–H groups in total. The Morgan fingerprint density at radius 1 is 1.21 bits per heavy atom. The van der Waals surface area contributed by atoms with Gasteiger partial charge in [0.2, 0.25) is 13.3 Å². The van der Waals surface area contributed by atoms with E-state index in [1.807, 2.05) is 16.4 Å². The Bertz CT molecular complexity index is 1090. The van der Waals surface area contributed by atoms with Crippen molar-refractivity contribution < 1.29 is 33.1 Å². The summed E-state index contributed by atoms with van der Waals surface area (Å²) < 4.78 is 41.2. The molecule has 1 fully saturated rings. The third-order valence-electron chi connectivity index (χ3n) is 7.25. The Hall–Kier alpha value is -2.45. The topological polar surface area (TPSA) is 175 Å². The highest BCUT2D eigenvalue weighted by Crippen LogP contribution is 2.56. The summed E-state index contributed by atoms with van der Waals surface area (Å²) in [6.45, 7) is 12.8. The molecule has 0 saturated carbocycles. The second-order valence-corrected chi connectivity index (χ2v) is 13.4. The molecule has 1 aliphatic heterocycles. The molecule has 1 aromatic heterocycles. The van der Waals surface area contributed by atoms with Crippen LogP contribution < -0.4 is 5.73 Å². The number of imidazole rings is 1. The number of esters is 1. The van der Waals surface area contributed by atoms with Gasteiger partial charge in [-0.05, 0) is 59.3 Å². The number of hydrogen-bond acceptors (Lipinski definition) is 11. The summed E-state index contributed by atoms with van der Waals surface area (Å²) in [6, 6.07) is -0.532. The molecule has 1 unspecified atom stereocenters. The number of ether oxygens (including phenoxy) is 4. The molecule has 0 aromatic carbocycles. The molecule has 272 valence electrons. The van der Waals surface area contributed by atoms with Crippen molar-refractivity contribution in [3.05, 3.63) is 12.0 Å². The van der Waals surface area contributed by atoms with Gasteiger partial charge in [0.15, 0.2) is 11.5 Å². The summed E-state index contributed by atoms with van der Waals surface area (Å²) in [7, 11) is -1.35. The number of carbonyl (C=O) groups is 2. The number of nitrogens with zero attached hydrogens (tertiary/aromatic N) is 5. The predicted octanol–water partition coefficient (Wildman–Crippen LogP) is 5.46. The number of rotatable bonds is 21. The number of unbranched alkanes of at least 4 members (excludes halogenated alkanes) is 1. The lowest BCUT2D eigenvalue weighted by molar-refractivity contribution is -0.147. The number of nitrogens with one attached hydrogen (secondary N) is 1. The van der Waals surface area contributed by atoms with Crippen LogP contribution in [0.2, 0.25) is 0 Å². The van der Waals surface area contributed by atoms with Crippen molar-refractivity contribution >= 4 is 50.6 Å². The van der Waals surface area contributed by atoms with Gasteiger partial charge in [-0.1, -0.05) is 40.0 Å². The zero-order valence-electron chi connectivity index (χ0n) is 29.6. The van der Waals surface area contributed by atoms with Gasteiger partial charge in [0.25, 0.3) is 6.47 Å². The molecule has 1 aliphatic rings. The third kappa shape index (κ3) is 15.1. The maximum Gasteiger partial charge on any atom is 0.323 e. The zero-order chi connectivity index (χ0) is 35.7. The Labute approximate surface area is 287 Å². The van der Waals surface area contributed by atoms with E-state index in [9.17, 15) is 14.2 Å². The van der Waals surface area contributed by atoms with E-state index >= 15 is 0 Å². The van der Waals surface area contributed by atoms with Crippen LogP contribution in [0.25, 0.3) is 0 Å². The maximum atomic E-state index is 14.4. The molecular weight excluding hydrogens is 645 g/mol. The molecule has 0 aliphatic carbocycles. The minimum atomic E-state index is -3.19. The summed E-state index contributed by atoms with van der Waals surface area (Å²) in [5, 5.41) is 8.50. The number of thiol groups is 1.